The Labute approximate surface area is 190 Å². The molecule has 0 radical (unpaired) electrons. The number of ketones is 1. The van der Waals surface area contributed by atoms with E-state index in [4.69, 9.17) is 16.3 Å². The maximum atomic E-state index is 13.0. The first-order chi connectivity index (χ1) is 14.6. The second-order valence-corrected chi connectivity index (χ2v) is 9.74. The van der Waals surface area contributed by atoms with E-state index in [2.05, 4.69) is 45.1 Å². The van der Waals surface area contributed by atoms with Crippen LogP contribution in [0, 0.1) is 41.4 Å². The lowest BCUT2D eigenvalue weighted by Crippen LogP contribution is -2.41. The Morgan fingerprint density at radius 2 is 1.68 bits per heavy atom. The van der Waals surface area contributed by atoms with Crippen LogP contribution in [0.15, 0.2) is 58.9 Å². The minimum absolute atomic E-state index is 0.00988. The van der Waals surface area contributed by atoms with Gasteiger partial charge in [0, 0.05) is 5.92 Å². The molecule has 0 aromatic rings. The molecule has 168 valence electrons. The number of ether oxygens (including phenoxy) is 1. The fraction of sp³-hybridized carbons (Fsp3) is 0.538. The summed E-state index contributed by atoms with van der Waals surface area (Å²) < 4.78 is 5.35. The van der Waals surface area contributed by atoms with Gasteiger partial charge in [0.1, 0.15) is 22.8 Å². The number of allylic oxidation sites excluding steroid dienone is 9. The summed E-state index contributed by atoms with van der Waals surface area (Å²) in [4.78, 5) is 25.4. The number of esters is 1. The van der Waals surface area contributed by atoms with E-state index in [0.29, 0.717) is 0 Å². The number of Topliss-reactive ketones (excluding diaryl/α,β-unsaturated/α-hetero) is 1. The van der Waals surface area contributed by atoms with Crippen LogP contribution in [0.3, 0.4) is 0 Å². The van der Waals surface area contributed by atoms with Crippen LogP contribution in [0.5, 0.6) is 0 Å². The van der Waals surface area contributed by atoms with Crippen molar-refractivity contribution < 1.29 is 19.4 Å². The van der Waals surface area contributed by atoms with Gasteiger partial charge in [0.25, 0.3) is 0 Å². The van der Waals surface area contributed by atoms with Crippen LogP contribution < -0.4 is 0 Å². The van der Waals surface area contributed by atoms with Gasteiger partial charge < -0.3 is 9.84 Å². The van der Waals surface area contributed by atoms with Gasteiger partial charge in [-0.3, -0.25) is 9.59 Å². The molecule has 0 amide bonds. The van der Waals surface area contributed by atoms with Crippen LogP contribution in [-0.4, -0.2) is 23.0 Å². The van der Waals surface area contributed by atoms with Crippen LogP contribution in [0.1, 0.15) is 41.0 Å². The van der Waals surface area contributed by atoms with Crippen molar-refractivity contribution in [2.45, 2.75) is 47.1 Å². The molecule has 0 unspecified atom stereocenters. The summed E-state index contributed by atoms with van der Waals surface area (Å²) in [5, 5.41) is 11.1. The van der Waals surface area contributed by atoms with E-state index in [1.165, 1.54) is 12.5 Å². The van der Waals surface area contributed by atoms with Crippen molar-refractivity contribution in [3.05, 3.63) is 58.9 Å². The second kappa shape index (κ2) is 9.60. The van der Waals surface area contributed by atoms with E-state index >= 15 is 0 Å². The molecule has 1 heterocycles. The summed E-state index contributed by atoms with van der Waals surface area (Å²) in [6.07, 6.45) is 14.8. The maximum absolute atomic E-state index is 13.0. The molecule has 3 rings (SSSR count). The summed E-state index contributed by atoms with van der Waals surface area (Å²) in [6, 6.07) is 0. The second-order valence-electron chi connectivity index (χ2n) is 9.36. The van der Waals surface area contributed by atoms with Gasteiger partial charge >= 0.3 is 5.97 Å². The van der Waals surface area contributed by atoms with Gasteiger partial charge in [0.05, 0.1) is 0 Å². The predicted octanol–water partition coefficient (Wildman–Crippen LogP) is 5.91. The zero-order chi connectivity index (χ0) is 22.9. The molecule has 1 aliphatic heterocycles. The molecule has 0 saturated carbocycles. The van der Waals surface area contributed by atoms with Crippen molar-refractivity contribution >= 4 is 23.4 Å². The summed E-state index contributed by atoms with van der Waals surface area (Å²) in [5.74, 6) is -1.99. The van der Waals surface area contributed by atoms with Crippen molar-refractivity contribution in [3.63, 3.8) is 0 Å². The number of carbonyl (C=O) groups is 2. The van der Waals surface area contributed by atoms with Crippen LogP contribution in [0.4, 0.5) is 0 Å². The number of aliphatic hydroxyl groups excluding tert-OH is 1. The Morgan fingerprint density at radius 3 is 2.39 bits per heavy atom. The molecule has 4 nitrogen and oxygen atoms in total. The minimum Gasteiger partial charge on any atom is -0.510 e. The molecule has 5 heteroatoms. The smallest absolute Gasteiger partial charge is 0.317 e. The van der Waals surface area contributed by atoms with Gasteiger partial charge in [-0.25, -0.2) is 0 Å². The fourth-order valence-electron chi connectivity index (χ4n) is 5.31. The van der Waals surface area contributed by atoms with Crippen LogP contribution in [0.25, 0.3) is 0 Å². The van der Waals surface area contributed by atoms with Crippen molar-refractivity contribution in [1.29, 1.82) is 0 Å². The van der Waals surface area contributed by atoms with E-state index in [1.807, 2.05) is 12.2 Å². The van der Waals surface area contributed by atoms with Crippen LogP contribution in [-0.2, 0) is 14.3 Å². The topological polar surface area (TPSA) is 63.6 Å². The molecule has 8 atom stereocenters. The monoisotopic (exact) mass is 444 g/mol. The average molecular weight is 445 g/mol. The molecule has 3 aliphatic rings. The molecule has 2 aliphatic carbocycles. The largest absolute Gasteiger partial charge is 0.510 e. The lowest BCUT2D eigenvalue weighted by Gasteiger charge is -2.46. The van der Waals surface area contributed by atoms with Gasteiger partial charge in [-0.05, 0) is 62.9 Å². The molecule has 0 aromatic heterocycles. The molecule has 0 saturated heterocycles. The number of hydrogen-bond acceptors (Lipinski definition) is 4. The molecule has 0 bridgehead atoms. The first-order valence-electron chi connectivity index (χ1n) is 11.2. The van der Waals surface area contributed by atoms with Gasteiger partial charge in [0.15, 0.2) is 5.78 Å². The molecule has 0 fully saturated rings. The zero-order valence-electron chi connectivity index (χ0n) is 18.9. The Morgan fingerprint density at radius 1 is 1.00 bits per heavy atom. The van der Waals surface area contributed by atoms with E-state index in [1.54, 1.807) is 13.0 Å². The van der Waals surface area contributed by atoms with Crippen molar-refractivity contribution in [2.75, 3.05) is 0 Å². The number of hydrogen-bond donors (Lipinski definition) is 1. The van der Waals surface area contributed by atoms with E-state index in [9.17, 15) is 14.7 Å². The van der Waals surface area contributed by atoms with Gasteiger partial charge in [-0.1, -0.05) is 67.5 Å². The van der Waals surface area contributed by atoms with E-state index < -0.39 is 23.8 Å². The fourth-order valence-corrected chi connectivity index (χ4v) is 5.60. The van der Waals surface area contributed by atoms with Gasteiger partial charge in [-0.15, -0.1) is 0 Å². The quantitative estimate of drug-likeness (QED) is 0.286. The number of aliphatic hydroxyl groups is 1. The number of carbonyl (C=O) groups excluding carboxylic acids is 2. The Bertz CT molecular complexity index is 878. The van der Waals surface area contributed by atoms with Crippen LogP contribution in [0.2, 0.25) is 0 Å². The highest BCUT2D eigenvalue weighted by molar-refractivity contribution is 6.44. The number of rotatable bonds is 0. The summed E-state index contributed by atoms with van der Waals surface area (Å²) >= 11 is 6.46. The van der Waals surface area contributed by atoms with Crippen molar-refractivity contribution in [2.24, 2.45) is 41.4 Å². The van der Waals surface area contributed by atoms with Gasteiger partial charge in [-0.2, -0.15) is 0 Å². The standard InChI is InChI=1S/C26H33ClO4/c1-14-12-16(3)21-19(13-14)10-11-20-15(2)8-6-7-9-17(4)31-26(30)18(5)24(28)23(27)25(29)22(20)21/h6-12,15-22,29H,13H2,1-5H3/b8-6-,9-7+,25-23?/t15-,16-,17+,18+,19-,20+,21-,22-/m1/s1. The third-order valence-electron chi connectivity index (χ3n) is 6.94. The predicted molar refractivity (Wildman–Crippen MR) is 123 cm³/mol. The summed E-state index contributed by atoms with van der Waals surface area (Å²) in [5.41, 5.74) is 1.34. The third-order valence-corrected chi connectivity index (χ3v) is 7.32. The summed E-state index contributed by atoms with van der Waals surface area (Å²) in [7, 11) is 0. The first-order valence-corrected chi connectivity index (χ1v) is 11.5. The summed E-state index contributed by atoms with van der Waals surface area (Å²) in [6.45, 7) is 9.63. The third kappa shape index (κ3) is 4.90. The highest BCUT2D eigenvalue weighted by atomic mass is 35.5. The average Bonchev–Trinajstić information content (AvgIpc) is 2.72. The number of fused-ring (bicyclic) bond motifs is 3. The molecular weight excluding hydrogens is 412 g/mol. The lowest BCUT2D eigenvalue weighted by atomic mass is 9.59. The van der Waals surface area contributed by atoms with Crippen molar-refractivity contribution in [1.82, 2.24) is 0 Å². The minimum atomic E-state index is -1.08. The van der Waals surface area contributed by atoms with E-state index in [-0.39, 0.29) is 46.3 Å². The van der Waals surface area contributed by atoms with Crippen LogP contribution >= 0.6 is 11.6 Å². The number of cyclic esters (lactones) is 1. The Hall–Kier alpha value is -2.07. The molecule has 0 spiro atoms. The molecule has 0 aromatic carbocycles. The maximum Gasteiger partial charge on any atom is 0.317 e. The zero-order valence-corrected chi connectivity index (χ0v) is 19.7. The first kappa shape index (κ1) is 23.6. The highest BCUT2D eigenvalue weighted by Crippen LogP contribution is 2.50. The normalized spacial score (nSPS) is 41.4. The highest BCUT2D eigenvalue weighted by Gasteiger charge is 2.45. The SMILES string of the molecule is CC1=C[C@@H](C)[C@H]2[C@@H]3C(O)=C(Cl)C(=O)[C@H](C)C(=O)O[C@@H](C)/C=C/C=C\[C@@H](C)[C@@H]3C=C[C@@H]2C1. The molecular formula is C26H33ClO4. The lowest BCUT2D eigenvalue weighted by molar-refractivity contribution is -0.152. The molecule has 31 heavy (non-hydrogen) atoms. The Kier molecular flexibility index (Phi) is 7.31. The Balaban J connectivity index is 2.12. The van der Waals surface area contributed by atoms with Gasteiger partial charge in [0.2, 0.25) is 0 Å². The van der Waals surface area contributed by atoms with E-state index in [0.717, 1.165) is 6.42 Å². The number of halogens is 1. The van der Waals surface area contributed by atoms with Crippen molar-refractivity contribution in [3.8, 4) is 0 Å². The molecule has 1 N–H and O–H groups in total.